The van der Waals surface area contributed by atoms with Crippen LogP contribution in [0.2, 0.25) is 0 Å². The molecule has 0 saturated carbocycles. The Bertz CT molecular complexity index is 998. The Morgan fingerprint density at radius 2 is 2.04 bits per heavy atom. The second kappa shape index (κ2) is 7.80. The first kappa shape index (κ1) is 18.2. The summed E-state index contributed by atoms with van der Waals surface area (Å²) >= 11 is 0. The maximum Gasteiger partial charge on any atom is 0.225 e. The Morgan fingerprint density at radius 3 is 2.82 bits per heavy atom. The molecular weight excluding hydrogens is 354 g/mol. The first-order valence-electron chi connectivity index (χ1n) is 9.47. The number of amides is 2. The van der Waals surface area contributed by atoms with Crippen molar-refractivity contribution in [1.82, 2.24) is 24.8 Å². The Hall–Kier alpha value is -3.22. The van der Waals surface area contributed by atoms with Gasteiger partial charge in [-0.25, -0.2) is 4.98 Å². The molecule has 1 atom stereocenters. The summed E-state index contributed by atoms with van der Waals surface area (Å²) in [6, 6.07) is 13.5. The Balaban J connectivity index is 1.38. The van der Waals surface area contributed by atoms with Crippen molar-refractivity contribution in [3.05, 3.63) is 60.2 Å². The molecule has 2 aromatic heterocycles. The molecule has 0 bridgehead atoms. The van der Waals surface area contributed by atoms with Crippen LogP contribution in [0.5, 0.6) is 0 Å². The van der Waals surface area contributed by atoms with Gasteiger partial charge in [-0.3, -0.25) is 14.6 Å². The average Bonchev–Trinajstić information content (AvgIpc) is 3.04. The number of carbonyl (C=O) groups excluding carboxylic acids is 2. The van der Waals surface area contributed by atoms with Gasteiger partial charge in [0.25, 0.3) is 0 Å². The average molecular weight is 377 g/mol. The Labute approximate surface area is 163 Å². The number of piperidine rings is 1. The normalized spacial score (nSPS) is 17.1. The SMILES string of the molecule is Cn1c(CNC(=O)C2CCC(=O)N(Cc3ccccn3)C2)nc2ccccc21. The van der Waals surface area contributed by atoms with E-state index in [1.54, 1.807) is 11.1 Å². The molecule has 0 radical (unpaired) electrons. The number of aryl methyl sites for hydroxylation is 1. The van der Waals surface area contributed by atoms with E-state index in [0.29, 0.717) is 32.5 Å². The quantitative estimate of drug-likeness (QED) is 0.738. The lowest BCUT2D eigenvalue weighted by Gasteiger charge is -2.31. The van der Waals surface area contributed by atoms with E-state index in [1.165, 1.54) is 0 Å². The van der Waals surface area contributed by atoms with Crippen LogP contribution in [-0.2, 0) is 29.7 Å². The minimum absolute atomic E-state index is 0.0365. The zero-order chi connectivity index (χ0) is 19.5. The Kier molecular flexibility index (Phi) is 5.06. The standard InChI is InChI=1S/C21H23N5O2/c1-25-18-8-3-2-7-17(18)24-19(25)12-23-21(28)15-9-10-20(27)26(13-15)14-16-6-4-5-11-22-16/h2-8,11,15H,9-10,12-14H2,1H3,(H,23,28). The number of rotatable bonds is 5. The molecule has 1 saturated heterocycles. The van der Waals surface area contributed by atoms with E-state index in [2.05, 4.69) is 15.3 Å². The molecule has 1 fully saturated rings. The summed E-state index contributed by atoms with van der Waals surface area (Å²) in [5.41, 5.74) is 2.78. The Morgan fingerprint density at radius 1 is 1.21 bits per heavy atom. The molecule has 144 valence electrons. The van der Waals surface area contributed by atoms with Crippen LogP contribution in [0.25, 0.3) is 11.0 Å². The predicted molar refractivity (Wildman–Crippen MR) is 105 cm³/mol. The molecule has 2 amide bonds. The number of para-hydroxylation sites is 2. The van der Waals surface area contributed by atoms with Crippen molar-refractivity contribution >= 4 is 22.8 Å². The van der Waals surface area contributed by atoms with E-state index in [9.17, 15) is 9.59 Å². The van der Waals surface area contributed by atoms with E-state index >= 15 is 0 Å². The monoisotopic (exact) mass is 377 g/mol. The number of nitrogens with one attached hydrogen (secondary N) is 1. The summed E-state index contributed by atoms with van der Waals surface area (Å²) in [5, 5.41) is 2.99. The highest BCUT2D eigenvalue weighted by atomic mass is 16.2. The number of fused-ring (bicyclic) bond motifs is 1. The summed E-state index contributed by atoms with van der Waals surface area (Å²) in [6.07, 6.45) is 2.67. The van der Waals surface area contributed by atoms with Crippen LogP contribution in [0.4, 0.5) is 0 Å². The molecule has 1 aromatic carbocycles. The molecule has 1 unspecified atom stereocenters. The van der Waals surface area contributed by atoms with Crippen molar-refractivity contribution in [1.29, 1.82) is 0 Å². The lowest BCUT2D eigenvalue weighted by molar-refractivity contribution is -0.139. The van der Waals surface area contributed by atoms with E-state index in [-0.39, 0.29) is 17.7 Å². The highest BCUT2D eigenvalue weighted by Gasteiger charge is 2.30. The number of aromatic nitrogens is 3. The fourth-order valence-corrected chi connectivity index (χ4v) is 3.63. The first-order chi connectivity index (χ1) is 13.6. The van der Waals surface area contributed by atoms with E-state index < -0.39 is 0 Å². The summed E-state index contributed by atoms with van der Waals surface area (Å²) in [6.45, 7) is 1.23. The highest BCUT2D eigenvalue weighted by Crippen LogP contribution is 2.20. The van der Waals surface area contributed by atoms with Gasteiger partial charge in [-0.2, -0.15) is 0 Å². The third-order valence-electron chi connectivity index (χ3n) is 5.25. The van der Waals surface area contributed by atoms with Gasteiger partial charge in [-0.05, 0) is 30.7 Å². The molecule has 0 aliphatic carbocycles. The second-order valence-electron chi connectivity index (χ2n) is 7.12. The van der Waals surface area contributed by atoms with Gasteiger partial charge in [0.15, 0.2) is 0 Å². The third-order valence-corrected chi connectivity index (χ3v) is 5.25. The number of carbonyl (C=O) groups is 2. The fourth-order valence-electron chi connectivity index (χ4n) is 3.63. The van der Waals surface area contributed by atoms with Crippen molar-refractivity contribution in [3.8, 4) is 0 Å². The number of imidazole rings is 1. The van der Waals surface area contributed by atoms with Crippen LogP contribution in [0.15, 0.2) is 48.7 Å². The van der Waals surface area contributed by atoms with Crippen LogP contribution in [0, 0.1) is 5.92 Å². The van der Waals surface area contributed by atoms with Crippen LogP contribution in [0.1, 0.15) is 24.4 Å². The minimum atomic E-state index is -0.212. The van der Waals surface area contributed by atoms with Gasteiger partial charge in [0.05, 0.1) is 35.7 Å². The summed E-state index contributed by atoms with van der Waals surface area (Å²) in [7, 11) is 1.95. The molecular formula is C21H23N5O2. The largest absolute Gasteiger partial charge is 0.349 e. The van der Waals surface area contributed by atoms with Gasteiger partial charge >= 0.3 is 0 Å². The van der Waals surface area contributed by atoms with Crippen molar-refractivity contribution < 1.29 is 9.59 Å². The topological polar surface area (TPSA) is 80.1 Å². The lowest BCUT2D eigenvalue weighted by atomic mass is 9.96. The summed E-state index contributed by atoms with van der Waals surface area (Å²) in [5.74, 6) is 0.638. The molecule has 3 aromatic rings. The van der Waals surface area contributed by atoms with Crippen LogP contribution >= 0.6 is 0 Å². The highest BCUT2D eigenvalue weighted by molar-refractivity contribution is 5.84. The minimum Gasteiger partial charge on any atom is -0.349 e. The maximum absolute atomic E-state index is 12.7. The number of hydrogen-bond donors (Lipinski definition) is 1. The van der Waals surface area contributed by atoms with Crippen LogP contribution < -0.4 is 5.32 Å². The van der Waals surface area contributed by atoms with Crippen molar-refractivity contribution in [2.24, 2.45) is 13.0 Å². The summed E-state index contributed by atoms with van der Waals surface area (Å²) < 4.78 is 1.99. The molecule has 0 spiro atoms. The van der Waals surface area contributed by atoms with Gasteiger partial charge in [0.1, 0.15) is 5.82 Å². The molecule has 1 aliphatic heterocycles. The number of likely N-dealkylation sites (tertiary alicyclic amines) is 1. The molecule has 28 heavy (non-hydrogen) atoms. The smallest absolute Gasteiger partial charge is 0.225 e. The maximum atomic E-state index is 12.7. The van der Waals surface area contributed by atoms with E-state index in [4.69, 9.17) is 0 Å². The molecule has 4 rings (SSSR count). The van der Waals surface area contributed by atoms with Crippen molar-refractivity contribution in [2.75, 3.05) is 6.54 Å². The molecule has 7 heteroatoms. The van der Waals surface area contributed by atoms with Crippen molar-refractivity contribution in [2.45, 2.75) is 25.9 Å². The number of benzene rings is 1. The number of hydrogen-bond acceptors (Lipinski definition) is 4. The summed E-state index contributed by atoms with van der Waals surface area (Å²) in [4.78, 5) is 35.5. The fraction of sp³-hybridized carbons (Fsp3) is 0.333. The van der Waals surface area contributed by atoms with Gasteiger partial charge in [-0.15, -0.1) is 0 Å². The van der Waals surface area contributed by atoms with Crippen LogP contribution in [0.3, 0.4) is 0 Å². The predicted octanol–water partition coefficient (Wildman–Crippen LogP) is 2.02. The lowest BCUT2D eigenvalue weighted by Crippen LogP contribution is -2.45. The van der Waals surface area contributed by atoms with Gasteiger partial charge in [-0.1, -0.05) is 18.2 Å². The zero-order valence-corrected chi connectivity index (χ0v) is 15.8. The molecule has 3 heterocycles. The molecule has 1 N–H and O–H groups in total. The van der Waals surface area contributed by atoms with Crippen LogP contribution in [-0.4, -0.2) is 37.8 Å². The van der Waals surface area contributed by atoms with E-state index in [0.717, 1.165) is 22.6 Å². The van der Waals surface area contributed by atoms with Gasteiger partial charge < -0.3 is 14.8 Å². The third kappa shape index (κ3) is 3.74. The second-order valence-corrected chi connectivity index (χ2v) is 7.12. The first-order valence-corrected chi connectivity index (χ1v) is 9.47. The van der Waals surface area contributed by atoms with E-state index in [1.807, 2.05) is 54.1 Å². The molecule has 1 aliphatic rings. The van der Waals surface area contributed by atoms with Gasteiger partial charge in [0, 0.05) is 26.2 Å². The van der Waals surface area contributed by atoms with Crippen molar-refractivity contribution in [3.63, 3.8) is 0 Å². The zero-order valence-electron chi connectivity index (χ0n) is 15.8. The molecule has 7 nitrogen and oxygen atoms in total. The number of nitrogens with zero attached hydrogens (tertiary/aromatic N) is 4. The number of pyridine rings is 1. The van der Waals surface area contributed by atoms with Gasteiger partial charge in [0.2, 0.25) is 11.8 Å².